The van der Waals surface area contributed by atoms with E-state index in [0.717, 1.165) is 11.8 Å². The number of benzene rings is 1. The second kappa shape index (κ2) is 5.76. The topological polar surface area (TPSA) is 76.7 Å². The van der Waals surface area contributed by atoms with Crippen LogP contribution >= 0.6 is 11.8 Å². The number of H-pyrrole nitrogens is 1. The summed E-state index contributed by atoms with van der Waals surface area (Å²) in [5, 5.41) is 6.10. The Morgan fingerprint density at radius 3 is 2.50 bits per heavy atom. The average molecular weight is 300 g/mol. The Morgan fingerprint density at radius 2 is 2.05 bits per heavy atom. The molecule has 8 heteroatoms. The van der Waals surface area contributed by atoms with E-state index >= 15 is 0 Å². The number of rotatable bonds is 4. The molecule has 2 rings (SSSR count). The second-order valence-electron chi connectivity index (χ2n) is 4.54. The minimum Gasteiger partial charge on any atom is -0.328 e. The Bertz CT molecular complexity index is 657. The SMILES string of the molecule is CC(N)Cc1cc(F)c(Sc2n[nH]c(=O)n2C)c(F)c1. The number of aromatic nitrogens is 3. The van der Waals surface area contributed by atoms with Gasteiger partial charge in [0.2, 0.25) is 0 Å². The number of nitrogens with zero attached hydrogens (tertiary/aromatic N) is 2. The number of aromatic amines is 1. The fraction of sp³-hybridized carbons (Fsp3) is 0.333. The van der Waals surface area contributed by atoms with Crippen molar-refractivity contribution in [3.63, 3.8) is 0 Å². The van der Waals surface area contributed by atoms with Gasteiger partial charge >= 0.3 is 5.69 Å². The highest BCUT2D eigenvalue weighted by Crippen LogP contribution is 2.31. The minimum absolute atomic E-state index is 0.181. The number of nitrogens with two attached hydrogens (primary N) is 1. The van der Waals surface area contributed by atoms with Crippen LogP contribution in [0.25, 0.3) is 0 Å². The number of hydrogen-bond donors (Lipinski definition) is 2. The van der Waals surface area contributed by atoms with E-state index in [0.29, 0.717) is 12.0 Å². The van der Waals surface area contributed by atoms with E-state index in [1.165, 1.54) is 23.7 Å². The molecule has 0 saturated carbocycles. The van der Waals surface area contributed by atoms with Gasteiger partial charge < -0.3 is 5.73 Å². The van der Waals surface area contributed by atoms with E-state index < -0.39 is 17.3 Å². The van der Waals surface area contributed by atoms with Crippen molar-refractivity contribution in [2.45, 2.75) is 29.4 Å². The highest BCUT2D eigenvalue weighted by Gasteiger charge is 2.16. The molecular weight excluding hydrogens is 286 g/mol. The predicted octanol–water partition coefficient (Wildman–Crippen LogP) is 1.43. The van der Waals surface area contributed by atoms with Crippen molar-refractivity contribution < 1.29 is 8.78 Å². The Balaban J connectivity index is 2.33. The van der Waals surface area contributed by atoms with E-state index in [4.69, 9.17) is 5.73 Å². The van der Waals surface area contributed by atoms with Crippen LogP contribution in [0.3, 0.4) is 0 Å². The van der Waals surface area contributed by atoms with Crippen LogP contribution in [-0.2, 0) is 13.5 Å². The maximum absolute atomic E-state index is 14.0. The summed E-state index contributed by atoms with van der Waals surface area (Å²) < 4.78 is 29.1. The Labute approximate surface area is 118 Å². The van der Waals surface area contributed by atoms with Crippen molar-refractivity contribution in [1.29, 1.82) is 0 Å². The number of halogens is 2. The van der Waals surface area contributed by atoms with Gasteiger partial charge in [-0.25, -0.2) is 18.7 Å². The summed E-state index contributed by atoms with van der Waals surface area (Å²) in [6.07, 6.45) is 0.389. The second-order valence-corrected chi connectivity index (χ2v) is 5.52. The number of hydrogen-bond acceptors (Lipinski definition) is 4. The third kappa shape index (κ3) is 3.07. The van der Waals surface area contributed by atoms with E-state index in [1.807, 2.05) is 0 Å². The predicted molar refractivity (Wildman–Crippen MR) is 71.7 cm³/mol. The lowest BCUT2D eigenvalue weighted by Crippen LogP contribution is -2.18. The lowest BCUT2D eigenvalue weighted by atomic mass is 10.1. The molecule has 1 aromatic carbocycles. The highest BCUT2D eigenvalue weighted by atomic mass is 32.2. The minimum atomic E-state index is -0.693. The van der Waals surface area contributed by atoms with E-state index in [1.54, 1.807) is 6.92 Å². The van der Waals surface area contributed by atoms with Gasteiger partial charge in [-0.15, -0.1) is 5.10 Å². The number of nitrogens with one attached hydrogen (secondary N) is 1. The van der Waals surface area contributed by atoms with Crippen LogP contribution in [0, 0.1) is 11.6 Å². The fourth-order valence-corrected chi connectivity index (χ4v) is 2.52. The summed E-state index contributed by atoms with van der Waals surface area (Å²) >= 11 is 0.755. The molecular formula is C12H14F2N4OS. The lowest BCUT2D eigenvalue weighted by molar-refractivity contribution is 0.534. The molecule has 5 nitrogen and oxygen atoms in total. The van der Waals surface area contributed by atoms with Crippen LogP contribution in [0.15, 0.2) is 27.0 Å². The Kier molecular flexibility index (Phi) is 4.24. The molecule has 0 radical (unpaired) electrons. The maximum atomic E-state index is 14.0. The van der Waals surface area contributed by atoms with Gasteiger partial charge in [0.05, 0.1) is 4.90 Å². The van der Waals surface area contributed by atoms with Crippen LogP contribution in [0.2, 0.25) is 0 Å². The van der Waals surface area contributed by atoms with Gasteiger partial charge in [-0.3, -0.25) is 4.57 Å². The van der Waals surface area contributed by atoms with Gasteiger partial charge in [0.15, 0.2) is 5.16 Å². The Hall–Kier alpha value is -1.67. The summed E-state index contributed by atoms with van der Waals surface area (Å²) in [5.41, 5.74) is 5.66. The van der Waals surface area contributed by atoms with Crippen molar-refractivity contribution in [2.24, 2.45) is 12.8 Å². The summed E-state index contributed by atoms with van der Waals surface area (Å²) in [5.74, 6) is -1.39. The maximum Gasteiger partial charge on any atom is 0.343 e. The quantitative estimate of drug-likeness (QED) is 0.895. The van der Waals surface area contributed by atoms with Crippen molar-refractivity contribution >= 4 is 11.8 Å². The lowest BCUT2D eigenvalue weighted by Gasteiger charge is -2.09. The zero-order valence-corrected chi connectivity index (χ0v) is 11.8. The third-order valence-electron chi connectivity index (χ3n) is 2.65. The normalized spacial score (nSPS) is 12.7. The first-order valence-corrected chi connectivity index (χ1v) is 6.73. The van der Waals surface area contributed by atoms with Crippen molar-refractivity contribution in [3.05, 3.63) is 39.8 Å². The molecule has 0 amide bonds. The van der Waals surface area contributed by atoms with E-state index in [-0.39, 0.29) is 16.1 Å². The molecule has 20 heavy (non-hydrogen) atoms. The molecule has 0 aliphatic rings. The molecule has 0 spiro atoms. The fourth-order valence-electron chi connectivity index (χ4n) is 1.71. The Morgan fingerprint density at radius 1 is 1.45 bits per heavy atom. The van der Waals surface area contributed by atoms with Crippen LogP contribution in [0.4, 0.5) is 8.78 Å². The molecule has 1 unspecified atom stereocenters. The molecule has 0 saturated heterocycles. The first-order chi connectivity index (χ1) is 9.38. The first kappa shape index (κ1) is 14.7. The molecule has 2 aromatic rings. The summed E-state index contributed by atoms with van der Waals surface area (Å²) in [7, 11) is 1.47. The zero-order valence-electron chi connectivity index (χ0n) is 11.0. The van der Waals surface area contributed by atoms with Gasteiger partial charge in [-0.1, -0.05) is 0 Å². The van der Waals surface area contributed by atoms with Gasteiger partial charge in [0, 0.05) is 13.1 Å². The molecule has 3 N–H and O–H groups in total. The van der Waals surface area contributed by atoms with Gasteiger partial charge in [0.1, 0.15) is 11.6 Å². The monoisotopic (exact) mass is 300 g/mol. The van der Waals surface area contributed by atoms with Crippen LogP contribution in [0.1, 0.15) is 12.5 Å². The van der Waals surface area contributed by atoms with Crippen molar-refractivity contribution in [1.82, 2.24) is 14.8 Å². The van der Waals surface area contributed by atoms with Gasteiger partial charge in [0.25, 0.3) is 0 Å². The van der Waals surface area contributed by atoms with Crippen LogP contribution in [-0.4, -0.2) is 20.8 Å². The van der Waals surface area contributed by atoms with E-state index in [2.05, 4.69) is 10.2 Å². The smallest absolute Gasteiger partial charge is 0.328 e. The van der Waals surface area contributed by atoms with Crippen LogP contribution < -0.4 is 11.4 Å². The van der Waals surface area contributed by atoms with Gasteiger partial charge in [-0.2, -0.15) is 0 Å². The molecule has 0 aliphatic heterocycles. The molecule has 1 heterocycles. The molecule has 108 valence electrons. The zero-order chi connectivity index (χ0) is 14.9. The first-order valence-electron chi connectivity index (χ1n) is 5.91. The summed E-state index contributed by atoms with van der Waals surface area (Å²) in [6.45, 7) is 1.76. The van der Waals surface area contributed by atoms with Crippen molar-refractivity contribution in [3.8, 4) is 0 Å². The summed E-state index contributed by atoms with van der Waals surface area (Å²) in [4.78, 5) is 11.0. The molecule has 0 fully saturated rings. The van der Waals surface area contributed by atoms with Crippen LogP contribution in [0.5, 0.6) is 0 Å². The van der Waals surface area contributed by atoms with E-state index in [9.17, 15) is 13.6 Å². The highest BCUT2D eigenvalue weighted by molar-refractivity contribution is 7.99. The molecule has 1 atom stereocenters. The molecule has 1 aromatic heterocycles. The molecule has 0 bridgehead atoms. The standard InChI is InChI=1S/C12H14F2N4OS/c1-6(15)3-7-4-8(13)10(9(14)5-7)20-12-17-16-11(19)18(12)2/h4-6H,3,15H2,1-2H3,(H,16,19). The third-order valence-corrected chi connectivity index (χ3v) is 3.79. The summed E-state index contributed by atoms with van der Waals surface area (Å²) in [6, 6.07) is 2.32. The van der Waals surface area contributed by atoms with Gasteiger partial charge in [-0.05, 0) is 42.8 Å². The largest absolute Gasteiger partial charge is 0.343 e. The molecule has 0 aliphatic carbocycles. The van der Waals surface area contributed by atoms with Crippen molar-refractivity contribution in [2.75, 3.05) is 0 Å². The average Bonchev–Trinajstić information content (AvgIpc) is 2.64.